The molecule has 110 valence electrons. The van der Waals surface area contributed by atoms with Crippen LogP contribution in [0.2, 0.25) is 0 Å². The van der Waals surface area contributed by atoms with Crippen molar-refractivity contribution in [1.29, 1.82) is 0 Å². The molecule has 1 heterocycles. The first-order valence-electron chi connectivity index (χ1n) is 7.32. The zero-order chi connectivity index (χ0) is 14.4. The summed E-state index contributed by atoms with van der Waals surface area (Å²) in [5.41, 5.74) is 1.22. The van der Waals surface area contributed by atoms with Crippen molar-refractivity contribution < 1.29 is 4.92 Å². The minimum atomic E-state index is -0.321. The Labute approximate surface area is 120 Å². The molecule has 0 spiro atoms. The Morgan fingerprint density at radius 2 is 2.30 bits per heavy atom. The Morgan fingerprint density at radius 3 is 3.05 bits per heavy atom. The van der Waals surface area contributed by atoms with Gasteiger partial charge in [-0.3, -0.25) is 15.0 Å². The molecule has 5 nitrogen and oxygen atoms in total. The summed E-state index contributed by atoms with van der Waals surface area (Å²) in [7, 11) is 1.98. The summed E-state index contributed by atoms with van der Waals surface area (Å²) in [4.78, 5) is 13.0. The van der Waals surface area contributed by atoms with E-state index in [0.717, 1.165) is 31.6 Å². The first kappa shape index (κ1) is 14.9. The van der Waals surface area contributed by atoms with Gasteiger partial charge in [-0.25, -0.2) is 0 Å². The molecular formula is C15H23N3O2. The first-order valence-corrected chi connectivity index (χ1v) is 7.32. The molecule has 0 saturated carbocycles. The van der Waals surface area contributed by atoms with Crippen molar-refractivity contribution in [2.75, 3.05) is 20.1 Å². The van der Waals surface area contributed by atoms with E-state index < -0.39 is 0 Å². The van der Waals surface area contributed by atoms with Gasteiger partial charge in [0.15, 0.2) is 0 Å². The maximum atomic E-state index is 10.8. The highest BCUT2D eigenvalue weighted by Crippen LogP contribution is 2.23. The Hall–Kier alpha value is -1.46. The van der Waals surface area contributed by atoms with Crippen LogP contribution in [0.5, 0.6) is 0 Å². The fourth-order valence-electron chi connectivity index (χ4n) is 2.91. The second-order valence-electron chi connectivity index (χ2n) is 5.44. The average molecular weight is 277 g/mol. The number of non-ortho nitro benzene ring substituents is 1. The van der Waals surface area contributed by atoms with Gasteiger partial charge in [0.25, 0.3) is 5.69 Å². The lowest BCUT2D eigenvalue weighted by molar-refractivity contribution is -0.384. The van der Waals surface area contributed by atoms with E-state index in [-0.39, 0.29) is 10.6 Å². The van der Waals surface area contributed by atoms with E-state index >= 15 is 0 Å². The molecule has 1 aromatic carbocycles. The predicted molar refractivity (Wildman–Crippen MR) is 79.7 cm³/mol. The third-order valence-electron chi connectivity index (χ3n) is 3.98. The molecule has 1 aromatic rings. The number of hydrogen-bond acceptors (Lipinski definition) is 4. The van der Waals surface area contributed by atoms with E-state index in [1.54, 1.807) is 18.2 Å². The maximum absolute atomic E-state index is 10.8. The van der Waals surface area contributed by atoms with Crippen LogP contribution in [0.4, 0.5) is 5.69 Å². The third kappa shape index (κ3) is 4.02. The van der Waals surface area contributed by atoms with Crippen LogP contribution in [-0.4, -0.2) is 36.0 Å². The average Bonchev–Trinajstić information content (AvgIpc) is 2.46. The molecule has 0 aliphatic carbocycles. The summed E-state index contributed by atoms with van der Waals surface area (Å²) < 4.78 is 0. The molecule has 1 N–H and O–H groups in total. The van der Waals surface area contributed by atoms with Crippen molar-refractivity contribution in [3.05, 3.63) is 39.9 Å². The van der Waals surface area contributed by atoms with E-state index in [4.69, 9.17) is 0 Å². The number of rotatable bonds is 6. The second kappa shape index (κ2) is 7.36. The molecule has 1 saturated heterocycles. The Balaban J connectivity index is 2.02. The van der Waals surface area contributed by atoms with Crippen molar-refractivity contribution in [3.63, 3.8) is 0 Å². The molecule has 0 radical (unpaired) electrons. The number of nitro benzene ring substituents is 1. The van der Waals surface area contributed by atoms with Crippen LogP contribution in [0.15, 0.2) is 24.3 Å². The molecule has 1 fully saturated rings. The molecule has 20 heavy (non-hydrogen) atoms. The molecular weight excluding hydrogens is 254 g/mol. The van der Waals surface area contributed by atoms with Gasteiger partial charge in [-0.15, -0.1) is 0 Å². The van der Waals surface area contributed by atoms with Gasteiger partial charge in [0.1, 0.15) is 0 Å². The van der Waals surface area contributed by atoms with Crippen molar-refractivity contribution in [2.24, 2.45) is 0 Å². The topological polar surface area (TPSA) is 58.4 Å². The lowest BCUT2D eigenvalue weighted by Gasteiger charge is -2.35. The van der Waals surface area contributed by atoms with Crippen LogP contribution in [0.3, 0.4) is 0 Å². The van der Waals surface area contributed by atoms with Gasteiger partial charge < -0.3 is 5.32 Å². The van der Waals surface area contributed by atoms with E-state index in [2.05, 4.69) is 10.2 Å². The van der Waals surface area contributed by atoms with Gasteiger partial charge in [-0.2, -0.15) is 0 Å². The molecule has 0 amide bonds. The second-order valence-corrected chi connectivity index (χ2v) is 5.44. The number of piperidine rings is 1. The largest absolute Gasteiger partial charge is 0.320 e. The van der Waals surface area contributed by atoms with Crippen molar-refractivity contribution in [2.45, 2.75) is 38.3 Å². The number of benzene rings is 1. The van der Waals surface area contributed by atoms with E-state index in [0.29, 0.717) is 6.04 Å². The fraction of sp³-hybridized carbons (Fsp3) is 0.600. The molecule has 1 aliphatic rings. The van der Waals surface area contributed by atoms with Crippen molar-refractivity contribution in [3.8, 4) is 0 Å². The van der Waals surface area contributed by atoms with Gasteiger partial charge >= 0.3 is 0 Å². The maximum Gasteiger partial charge on any atom is 0.269 e. The van der Waals surface area contributed by atoms with Crippen molar-refractivity contribution in [1.82, 2.24) is 10.2 Å². The normalized spacial score (nSPS) is 19.9. The summed E-state index contributed by atoms with van der Waals surface area (Å²) in [6.45, 7) is 2.93. The summed E-state index contributed by atoms with van der Waals surface area (Å²) in [5, 5.41) is 14.0. The predicted octanol–water partition coefficient (Wildman–Crippen LogP) is 2.56. The Morgan fingerprint density at radius 1 is 1.45 bits per heavy atom. The summed E-state index contributed by atoms with van der Waals surface area (Å²) in [5.74, 6) is 0. The standard InChI is InChI=1S/C15H23N3O2/c1-16-9-8-14-6-2-3-10-17(14)12-13-5-4-7-15(11-13)18(19)20/h4-5,7,11,14,16H,2-3,6,8-10,12H2,1H3. The van der Waals surface area contributed by atoms with Crippen LogP contribution >= 0.6 is 0 Å². The van der Waals surface area contributed by atoms with Gasteiger partial charge in [-0.05, 0) is 45.0 Å². The van der Waals surface area contributed by atoms with Crippen LogP contribution < -0.4 is 5.32 Å². The highest BCUT2D eigenvalue weighted by molar-refractivity contribution is 5.34. The first-order chi connectivity index (χ1) is 9.70. The van der Waals surface area contributed by atoms with E-state index in [1.807, 2.05) is 13.1 Å². The zero-order valence-corrected chi connectivity index (χ0v) is 12.0. The van der Waals surface area contributed by atoms with E-state index in [9.17, 15) is 10.1 Å². The third-order valence-corrected chi connectivity index (χ3v) is 3.98. The minimum Gasteiger partial charge on any atom is -0.320 e. The lowest BCUT2D eigenvalue weighted by Crippen LogP contribution is -2.40. The van der Waals surface area contributed by atoms with Crippen LogP contribution in [-0.2, 0) is 6.54 Å². The van der Waals surface area contributed by atoms with Crippen LogP contribution in [0, 0.1) is 10.1 Å². The minimum absolute atomic E-state index is 0.186. The van der Waals surface area contributed by atoms with Gasteiger partial charge in [0.05, 0.1) is 4.92 Å². The van der Waals surface area contributed by atoms with Gasteiger partial charge in [0.2, 0.25) is 0 Å². The molecule has 1 atom stereocenters. The molecule has 0 aromatic heterocycles. The summed E-state index contributed by atoms with van der Waals surface area (Å²) in [6.07, 6.45) is 4.90. The smallest absolute Gasteiger partial charge is 0.269 e. The summed E-state index contributed by atoms with van der Waals surface area (Å²) >= 11 is 0. The highest BCUT2D eigenvalue weighted by Gasteiger charge is 2.22. The van der Waals surface area contributed by atoms with Gasteiger partial charge in [-0.1, -0.05) is 18.6 Å². The quantitative estimate of drug-likeness (QED) is 0.641. The van der Waals surface area contributed by atoms with E-state index in [1.165, 1.54) is 19.3 Å². The molecule has 1 unspecified atom stereocenters. The Bertz CT molecular complexity index is 450. The lowest BCUT2D eigenvalue weighted by atomic mass is 9.98. The zero-order valence-electron chi connectivity index (χ0n) is 12.0. The fourth-order valence-corrected chi connectivity index (χ4v) is 2.91. The SMILES string of the molecule is CNCCC1CCCCN1Cc1cccc([N+](=O)[O-])c1. The molecule has 2 rings (SSSR count). The number of likely N-dealkylation sites (tertiary alicyclic amines) is 1. The number of hydrogen-bond donors (Lipinski definition) is 1. The number of nitro groups is 1. The molecule has 1 aliphatic heterocycles. The van der Waals surface area contributed by atoms with Gasteiger partial charge in [0, 0.05) is 24.7 Å². The number of nitrogens with zero attached hydrogens (tertiary/aromatic N) is 2. The monoisotopic (exact) mass is 277 g/mol. The number of nitrogens with one attached hydrogen (secondary N) is 1. The highest BCUT2D eigenvalue weighted by atomic mass is 16.6. The van der Waals surface area contributed by atoms with Crippen LogP contribution in [0.25, 0.3) is 0 Å². The molecule has 0 bridgehead atoms. The van der Waals surface area contributed by atoms with Crippen LogP contribution in [0.1, 0.15) is 31.2 Å². The molecule has 5 heteroatoms. The Kier molecular flexibility index (Phi) is 5.49. The summed E-state index contributed by atoms with van der Waals surface area (Å²) in [6, 6.07) is 7.61. The van der Waals surface area contributed by atoms with Crippen molar-refractivity contribution >= 4 is 5.69 Å².